The Morgan fingerprint density at radius 1 is 1.05 bits per heavy atom. The summed E-state index contributed by atoms with van der Waals surface area (Å²) >= 11 is 5.88. The highest BCUT2D eigenvalue weighted by Gasteiger charge is 2.23. The van der Waals surface area contributed by atoms with Crippen molar-refractivity contribution >= 4 is 40.0 Å². The lowest BCUT2D eigenvalue weighted by molar-refractivity contribution is -0.111. The van der Waals surface area contributed by atoms with E-state index in [0.717, 1.165) is 22.4 Å². The number of hydrogen-bond acceptors (Lipinski definition) is 8. The van der Waals surface area contributed by atoms with Crippen LogP contribution in [-0.2, 0) is 11.8 Å². The maximum absolute atomic E-state index is 11.7. The third-order valence-corrected chi connectivity index (χ3v) is 6.05. The molecule has 2 aromatic carbocycles. The molecule has 10 nitrogen and oxygen atoms in total. The quantitative estimate of drug-likeness (QED) is 0.274. The number of nitrogens with two attached hydrogens (primary N) is 1. The van der Waals surface area contributed by atoms with Crippen molar-refractivity contribution in [3.05, 3.63) is 78.9 Å². The first-order valence-corrected chi connectivity index (χ1v) is 11.7. The minimum Gasteiger partial charge on any atom is -0.493 e. The molecule has 0 radical (unpaired) electrons. The molecule has 0 spiro atoms. The number of nitrogens with one attached hydrogen (secondary N) is 1. The lowest BCUT2D eigenvalue weighted by atomic mass is 9.98. The van der Waals surface area contributed by atoms with Crippen LogP contribution in [0.2, 0.25) is 5.02 Å². The molecule has 0 atom stereocenters. The second-order valence-electron chi connectivity index (χ2n) is 8.16. The first-order chi connectivity index (χ1) is 18.4. The van der Waals surface area contributed by atoms with Crippen LogP contribution in [0.15, 0.2) is 73.8 Å². The minimum absolute atomic E-state index is 0.132. The summed E-state index contributed by atoms with van der Waals surface area (Å²) < 4.78 is 13.4. The van der Waals surface area contributed by atoms with Crippen LogP contribution >= 0.6 is 11.6 Å². The van der Waals surface area contributed by atoms with Crippen molar-refractivity contribution in [3.8, 4) is 39.9 Å². The molecule has 0 aliphatic rings. The number of rotatable bonds is 7. The summed E-state index contributed by atoms with van der Waals surface area (Å²) in [6.07, 6.45) is 5.55. The van der Waals surface area contributed by atoms with Crippen molar-refractivity contribution in [1.29, 1.82) is 0 Å². The van der Waals surface area contributed by atoms with Gasteiger partial charge in [0, 0.05) is 18.3 Å². The van der Waals surface area contributed by atoms with E-state index < -0.39 is 0 Å². The van der Waals surface area contributed by atoms with Gasteiger partial charge >= 0.3 is 6.01 Å². The molecule has 11 heteroatoms. The molecule has 0 bridgehead atoms. The molecular weight excluding hydrogens is 506 g/mol. The van der Waals surface area contributed by atoms with Gasteiger partial charge in [0.25, 0.3) is 0 Å². The number of aryl methyl sites for hydroxylation is 1. The van der Waals surface area contributed by atoms with Crippen molar-refractivity contribution in [2.24, 2.45) is 7.05 Å². The smallest absolute Gasteiger partial charge is 0.322 e. The number of carbonyl (C=O) groups excluding carboxylic acids is 1. The van der Waals surface area contributed by atoms with Crippen LogP contribution in [0.5, 0.6) is 17.5 Å². The van der Waals surface area contributed by atoms with E-state index in [1.807, 2.05) is 48.0 Å². The zero-order chi connectivity index (χ0) is 26.8. The van der Waals surface area contributed by atoms with Crippen molar-refractivity contribution < 1.29 is 14.3 Å². The van der Waals surface area contributed by atoms with Gasteiger partial charge in [0.1, 0.15) is 17.8 Å². The molecule has 5 aromatic rings. The first-order valence-electron chi connectivity index (χ1n) is 11.4. The van der Waals surface area contributed by atoms with Gasteiger partial charge in [-0.3, -0.25) is 4.79 Å². The number of nitrogen functional groups attached to an aromatic ring is 1. The predicted molar refractivity (Wildman–Crippen MR) is 146 cm³/mol. The van der Waals surface area contributed by atoms with Gasteiger partial charge in [-0.05, 0) is 41.5 Å². The Bertz CT molecular complexity index is 1670. The normalized spacial score (nSPS) is 10.8. The van der Waals surface area contributed by atoms with E-state index in [9.17, 15) is 4.79 Å². The van der Waals surface area contributed by atoms with E-state index in [4.69, 9.17) is 26.8 Å². The molecule has 38 heavy (non-hydrogen) atoms. The topological polar surface area (TPSA) is 130 Å². The van der Waals surface area contributed by atoms with Crippen LogP contribution < -0.4 is 20.5 Å². The van der Waals surface area contributed by atoms with Gasteiger partial charge in [0.05, 0.1) is 35.6 Å². The molecular formula is C27H22ClN7O3. The molecule has 0 saturated heterocycles. The number of ether oxygens (including phenoxy) is 2. The number of benzene rings is 2. The van der Waals surface area contributed by atoms with Crippen LogP contribution in [0, 0.1) is 0 Å². The number of aromatic nitrogens is 5. The first kappa shape index (κ1) is 24.7. The van der Waals surface area contributed by atoms with Gasteiger partial charge in [-0.2, -0.15) is 0 Å². The molecule has 190 valence electrons. The summed E-state index contributed by atoms with van der Waals surface area (Å²) in [6.45, 7) is 3.49. The fraction of sp³-hybridized carbons (Fsp3) is 0.0741. The Kier molecular flexibility index (Phi) is 6.63. The molecule has 0 aliphatic heterocycles. The maximum Gasteiger partial charge on any atom is 0.322 e. The number of hydrogen-bond donors (Lipinski definition) is 2. The Morgan fingerprint density at radius 2 is 1.76 bits per heavy atom. The Hall–Kier alpha value is -4.96. The van der Waals surface area contributed by atoms with E-state index in [1.165, 1.54) is 24.8 Å². The zero-order valence-corrected chi connectivity index (χ0v) is 21.2. The number of halogens is 1. The van der Waals surface area contributed by atoms with E-state index >= 15 is 0 Å². The number of methoxy groups -OCH3 is 1. The standard InChI is InChI=1S/C27H22ClN7O3/c1-4-21(36)34-18-8-5-15(6-9-18)24-22(23-25(29)32-14-33-26(23)35(24)2)16-7-10-19(20(11-16)37-3)38-27-30-12-17(28)13-31-27/h4-14H,1H2,2-3H3,(H,34,36)(H2,29,32,33). The van der Waals surface area contributed by atoms with Crippen LogP contribution in [0.3, 0.4) is 0 Å². The summed E-state index contributed by atoms with van der Waals surface area (Å²) in [4.78, 5) is 28.6. The lowest BCUT2D eigenvalue weighted by Crippen LogP contribution is -2.06. The van der Waals surface area contributed by atoms with Crippen LogP contribution in [0.1, 0.15) is 0 Å². The molecule has 3 N–H and O–H groups in total. The van der Waals surface area contributed by atoms with E-state index in [1.54, 1.807) is 13.2 Å². The van der Waals surface area contributed by atoms with Gasteiger partial charge in [-0.15, -0.1) is 0 Å². The SMILES string of the molecule is C=CC(=O)Nc1ccc(-c2c(-c3ccc(Oc4ncc(Cl)cn4)c(OC)c3)c3c(N)ncnc3n2C)cc1. The van der Waals surface area contributed by atoms with Crippen LogP contribution in [-0.4, -0.2) is 37.5 Å². The number of carbonyl (C=O) groups is 1. The van der Waals surface area contributed by atoms with E-state index in [2.05, 4.69) is 31.8 Å². The van der Waals surface area contributed by atoms with Crippen molar-refractivity contribution in [2.45, 2.75) is 0 Å². The summed E-state index contributed by atoms with van der Waals surface area (Å²) in [6, 6.07) is 13.1. The fourth-order valence-corrected chi connectivity index (χ4v) is 4.26. The summed E-state index contributed by atoms with van der Waals surface area (Å²) in [7, 11) is 3.46. The maximum atomic E-state index is 11.7. The Balaban J connectivity index is 1.64. The van der Waals surface area contributed by atoms with Gasteiger partial charge in [0.2, 0.25) is 5.91 Å². The Morgan fingerprint density at radius 3 is 2.45 bits per heavy atom. The largest absolute Gasteiger partial charge is 0.493 e. The highest BCUT2D eigenvalue weighted by atomic mass is 35.5. The van der Waals surface area contributed by atoms with Crippen molar-refractivity contribution in [2.75, 3.05) is 18.2 Å². The van der Waals surface area contributed by atoms with Crippen LogP contribution in [0.4, 0.5) is 11.5 Å². The van der Waals surface area contributed by atoms with Gasteiger partial charge < -0.3 is 25.1 Å². The molecule has 0 fully saturated rings. The second kappa shape index (κ2) is 10.2. The van der Waals surface area contributed by atoms with Gasteiger partial charge in [-0.1, -0.05) is 36.4 Å². The monoisotopic (exact) mass is 527 g/mol. The summed E-state index contributed by atoms with van der Waals surface area (Å²) in [5.41, 5.74) is 11.0. The van der Waals surface area contributed by atoms with Crippen molar-refractivity contribution in [3.63, 3.8) is 0 Å². The highest BCUT2D eigenvalue weighted by Crippen LogP contribution is 2.44. The molecule has 3 aromatic heterocycles. The molecule has 5 rings (SSSR count). The van der Waals surface area contributed by atoms with Gasteiger partial charge in [-0.25, -0.2) is 19.9 Å². The average molecular weight is 528 g/mol. The average Bonchev–Trinajstić information content (AvgIpc) is 3.24. The number of fused-ring (bicyclic) bond motifs is 1. The van der Waals surface area contributed by atoms with E-state index in [-0.39, 0.29) is 11.9 Å². The van der Waals surface area contributed by atoms with E-state index in [0.29, 0.717) is 39.1 Å². The molecule has 0 aliphatic carbocycles. The fourth-order valence-electron chi connectivity index (χ4n) is 4.16. The zero-order valence-electron chi connectivity index (χ0n) is 20.5. The lowest BCUT2D eigenvalue weighted by Gasteiger charge is -2.13. The number of amides is 1. The summed E-state index contributed by atoms with van der Waals surface area (Å²) in [5, 5.41) is 3.86. The predicted octanol–water partition coefficient (Wildman–Crippen LogP) is 5.25. The van der Waals surface area contributed by atoms with Gasteiger partial charge in [0.15, 0.2) is 11.5 Å². The van der Waals surface area contributed by atoms with Crippen molar-refractivity contribution in [1.82, 2.24) is 24.5 Å². The minimum atomic E-state index is -0.288. The third kappa shape index (κ3) is 4.60. The molecule has 1 amide bonds. The third-order valence-electron chi connectivity index (χ3n) is 5.86. The second-order valence-corrected chi connectivity index (χ2v) is 8.60. The molecule has 3 heterocycles. The molecule has 0 saturated carbocycles. The highest BCUT2D eigenvalue weighted by molar-refractivity contribution is 6.30. The summed E-state index contributed by atoms with van der Waals surface area (Å²) in [5.74, 6) is 0.939. The molecule has 0 unspecified atom stereocenters. The number of anilines is 2. The number of nitrogens with zero attached hydrogens (tertiary/aromatic N) is 5. The van der Waals surface area contributed by atoms with Crippen LogP contribution in [0.25, 0.3) is 33.4 Å². The Labute approximate surface area is 222 Å².